The lowest BCUT2D eigenvalue weighted by Gasteiger charge is -2.42. The van der Waals surface area contributed by atoms with Crippen LogP contribution in [0.3, 0.4) is 0 Å². The lowest BCUT2D eigenvalue weighted by Crippen LogP contribution is -2.64. The number of carbonyl (C=O) groups excluding carboxylic acids is 5. The third-order valence-corrected chi connectivity index (χ3v) is 10.8. The Morgan fingerprint density at radius 2 is 1.75 bits per heavy atom. The van der Waals surface area contributed by atoms with Crippen molar-refractivity contribution in [3.8, 4) is 0 Å². The van der Waals surface area contributed by atoms with E-state index in [2.05, 4.69) is 10.6 Å². The van der Waals surface area contributed by atoms with Crippen LogP contribution < -0.4 is 10.6 Å². The zero-order valence-electron chi connectivity index (χ0n) is 31.0. The fourth-order valence-corrected chi connectivity index (χ4v) is 7.27. The minimum absolute atomic E-state index is 0.0768. The van der Waals surface area contributed by atoms with Crippen molar-refractivity contribution in [2.45, 2.75) is 108 Å². The second-order valence-corrected chi connectivity index (χ2v) is 16.4. The molecule has 0 unspecified atom stereocenters. The van der Waals surface area contributed by atoms with Crippen LogP contribution in [0.5, 0.6) is 0 Å². The molecule has 15 heteroatoms. The first kappa shape index (κ1) is 40.1. The summed E-state index contributed by atoms with van der Waals surface area (Å²) in [5.74, 6) is -2.40. The van der Waals surface area contributed by atoms with E-state index in [1.165, 1.54) is 38.1 Å². The van der Waals surface area contributed by atoms with Gasteiger partial charge in [0.25, 0.3) is 5.69 Å². The first-order chi connectivity index (χ1) is 24.3. The van der Waals surface area contributed by atoms with Crippen molar-refractivity contribution in [3.05, 3.63) is 74.8 Å². The summed E-state index contributed by atoms with van der Waals surface area (Å²) in [6.07, 6.45) is 1.81. The van der Waals surface area contributed by atoms with Crippen LogP contribution in [0.25, 0.3) is 0 Å². The maximum atomic E-state index is 14.9. The van der Waals surface area contributed by atoms with Crippen molar-refractivity contribution in [3.63, 3.8) is 0 Å². The first-order valence-corrected chi connectivity index (χ1v) is 18.2. The molecule has 2 aromatic carbocycles. The maximum Gasteiger partial charge on any atom is 0.410 e. The number of hydrogen-bond acceptors (Lipinski definition) is 10. The number of esters is 1. The molecule has 0 spiro atoms. The molecule has 4 rings (SSSR count). The molecule has 282 valence electrons. The van der Waals surface area contributed by atoms with Gasteiger partial charge in [-0.15, -0.1) is 11.8 Å². The Kier molecular flexibility index (Phi) is 12.6. The lowest BCUT2D eigenvalue weighted by molar-refractivity contribution is -0.385. The number of methoxy groups -OCH3 is 1. The van der Waals surface area contributed by atoms with Crippen molar-refractivity contribution in [1.82, 2.24) is 20.4 Å². The highest BCUT2D eigenvalue weighted by atomic mass is 32.2. The van der Waals surface area contributed by atoms with Crippen LogP contribution in [0.15, 0.2) is 42.5 Å². The summed E-state index contributed by atoms with van der Waals surface area (Å²) in [6, 6.07) is 8.57. The quantitative estimate of drug-likeness (QED) is 0.190. The van der Waals surface area contributed by atoms with Crippen LogP contribution >= 0.6 is 11.8 Å². The Bertz CT molecular complexity index is 1710. The fraction of sp³-hybridized carbons (Fsp3) is 0.541. The molecule has 0 saturated heterocycles. The van der Waals surface area contributed by atoms with E-state index in [9.17, 15) is 34.1 Å². The Hall–Kier alpha value is -4.66. The summed E-state index contributed by atoms with van der Waals surface area (Å²) in [4.78, 5) is 81.7. The number of aryl methyl sites for hydroxylation is 1. The topological polar surface area (TPSA) is 177 Å². The van der Waals surface area contributed by atoms with Crippen molar-refractivity contribution >= 4 is 47.2 Å². The summed E-state index contributed by atoms with van der Waals surface area (Å²) in [7, 11) is 2.65. The number of non-ortho nitro benzene ring substituents is 1. The van der Waals surface area contributed by atoms with E-state index in [0.29, 0.717) is 17.5 Å². The van der Waals surface area contributed by atoms with Gasteiger partial charge in [-0.25, -0.2) is 4.79 Å². The molecule has 52 heavy (non-hydrogen) atoms. The molecular weight excluding hydrogens is 690 g/mol. The molecule has 0 aromatic heterocycles. The van der Waals surface area contributed by atoms with Gasteiger partial charge in [0.05, 0.1) is 23.8 Å². The molecular formula is C37H49N5O9S. The normalized spacial score (nSPS) is 18.1. The number of amides is 4. The summed E-state index contributed by atoms with van der Waals surface area (Å²) in [5.41, 5.74) is 2.36. The Labute approximate surface area is 308 Å². The van der Waals surface area contributed by atoms with E-state index in [0.717, 1.165) is 40.6 Å². The number of ether oxygens (including phenoxy) is 2. The van der Waals surface area contributed by atoms with E-state index in [1.807, 2.05) is 24.3 Å². The highest BCUT2D eigenvalue weighted by molar-refractivity contribution is 8.01. The Morgan fingerprint density at radius 3 is 2.40 bits per heavy atom. The largest absolute Gasteiger partial charge is 0.468 e. The third-order valence-electron chi connectivity index (χ3n) is 9.46. The van der Waals surface area contributed by atoms with Gasteiger partial charge in [-0.05, 0) is 83.1 Å². The third kappa shape index (κ3) is 9.60. The highest BCUT2D eigenvalue weighted by Crippen LogP contribution is 2.35. The molecule has 2 aliphatic rings. The van der Waals surface area contributed by atoms with E-state index in [1.54, 1.807) is 40.7 Å². The molecule has 4 atom stereocenters. The summed E-state index contributed by atoms with van der Waals surface area (Å²) in [6.45, 7) is 9.81. The molecule has 0 radical (unpaired) electrons. The van der Waals surface area contributed by atoms with Gasteiger partial charge < -0.3 is 25.0 Å². The molecule has 4 amide bonds. The van der Waals surface area contributed by atoms with Crippen molar-refractivity contribution in [2.75, 3.05) is 19.9 Å². The summed E-state index contributed by atoms with van der Waals surface area (Å²) in [5, 5.41) is 17.7. The van der Waals surface area contributed by atoms with E-state index in [-0.39, 0.29) is 30.4 Å². The summed E-state index contributed by atoms with van der Waals surface area (Å²) < 4.78 is 9.10. The number of carbonyl (C=O) groups is 5. The van der Waals surface area contributed by atoms with Gasteiger partial charge in [0.2, 0.25) is 17.7 Å². The molecule has 0 saturated carbocycles. The number of likely N-dealkylation sites (N-methyl/N-ethyl adjacent to an activating group) is 1. The number of fused-ring (bicyclic) bond motifs is 2. The standard InChI is InChI=1S/C37H49N5O9S/c1-22(40(7)35(47)51-36(2,3)4)32(44)39-31(37(5,6)52-21-30(43)50-8)34(46)41-20-25-18-26(42(48)49)17-16-24(25)19-29(41)33(45)38-28-15-11-13-23-12-9-10-14-27(23)28/h9-10,12,14,16-18,22,28-29,31H,11,13,15,19-21H2,1-8H3,(H,38,45)(H,39,44)/t22-,28+,29-,31+/m0/s1. The van der Waals surface area contributed by atoms with Crippen molar-refractivity contribution in [1.29, 1.82) is 0 Å². The molecule has 1 aliphatic heterocycles. The molecule has 14 nitrogen and oxygen atoms in total. The average Bonchev–Trinajstić information content (AvgIpc) is 3.10. The smallest absolute Gasteiger partial charge is 0.410 e. The minimum atomic E-state index is -1.32. The fourth-order valence-electron chi connectivity index (χ4n) is 6.34. The van der Waals surface area contributed by atoms with Crippen LogP contribution in [-0.4, -0.2) is 92.9 Å². The van der Waals surface area contributed by atoms with Gasteiger partial charge in [0.1, 0.15) is 23.7 Å². The maximum absolute atomic E-state index is 14.9. The van der Waals surface area contributed by atoms with Crippen LogP contribution in [0.1, 0.15) is 82.7 Å². The van der Waals surface area contributed by atoms with Crippen LogP contribution in [0.4, 0.5) is 10.5 Å². The lowest BCUT2D eigenvalue weighted by atomic mass is 9.87. The van der Waals surface area contributed by atoms with Crippen LogP contribution in [-0.2, 0) is 48.0 Å². The predicted octanol–water partition coefficient (Wildman–Crippen LogP) is 4.47. The molecule has 0 bridgehead atoms. The summed E-state index contributed by atoms with van der Waals surface area (Å²) >= 11 is 1.08. The molecule has 1 aliphatic carbocycles. The van der Waals surface area contributed by atoms with E-state index < -0.39 is 63.2 Å². The zero-order chi connectivity index (χ0) is 38.5. The second kappa shape index (κ2) is 16.3. The van der Waals surface area contributed by atoms with E-state index in [4.69, 9.17) is 9.47 Å². The SMILES string of the molecule is COC(=O)CSC(C)(C)[C@H](NC(=O)[C@H](C)N(C)C(=O)OC(C)(C)C)C(=O)N1Cc2cc([N+](=O)[O-])ccc2C[C@H]1C(=O)N[C@@H]1CCCc2ccccc21. The Balaban J connectivity index is 1.71. The van der Waals surface area contributed by atoms with Gasteiger partial charge in [0, 0.05) is 36.9 Å². The molecule has 1 heterocycles. The van der Waals surface area contributed by atoms with Crippen LogP contribution in [0.2, 0.25) is 0 Å². The van der Waals surface area contributed by atoms with Crippen molar-refractivity contribution < 1.29 is 38.4 Å². The number of benzene rings is 2. The average molecular weight is 740 g/mol. The Morgan fingerprint density at radius 1 is 1.06 bits per heavy atom. The van der Waals surface area contributed by atoms with E-state index >= 15 is 0 Å². The van der Waals surface area contributed by atoms with Gasteiger partial charge in [-0.3, -0.25) is 34.2 Å². The number of nitro benzene ring substituents is 1. The molecule has 2 aromatic rings. The van der Waals surface area contributed by atoms with Crippen molar-refractivity contribution in [2.24, 2.45) is 0 Å². The van der Waals surface area contributed by atoms with Gasteiger partial charge in [-0.1, -0.05) is 30.3 Å². The minimum Gasteiger partial charge on any atom is -0.468 e. The van der Waals surface area contributed by atoms with Gasteiger partial charge in [0.15, 0.2) is 0 Å². The number of nitrogens with one attached hydrogen (secondary N) is 2. The number of rotatable bonds is 11. The monoisotopic (exact) mass is 739 g/mol. The van der Waals surface area contributed by atoms with Crippen LogP contribution in [0, 0.1) is 10.1 Å². The zero-order valence-corrected chi connectivity index (χ0v) is 31.8. The number of nitrogens with zero attached hydrogens (tertiary/aromatic N) is 3. The molecule has 2 N–H and O–H groups in total. The van der Waals surface area contributed by atoms with Gasteiger partial charge in [-0.2, -0.15) is 0 Å². The molecule has 0 fully saturated rings. The predicted molar refractivity (Wildman–Crippen MR) is 195 cm³/mol. The highest BCUT2D eigenvalue weighted by Gasteiger charge is 2.45. The van der Waals surface area contributed by atoms with Gasteiger partial charge >= 0.3 is 12.1 Å². The number of nitro groups is 1. The first-order valence-electron chi connectivity index (χ1n) is 17.2. The second-order valence-electron chi connectivity index (χ2n) is 14.7. The number of hydrogen-bond donors (Lipinski definition) is 2. The number of thioether (sulfide) groups is 1.